The number of alkyl halides is 1. The first kappa shape index (κ1) is 20.2. The number of amides is 1. The van der Waals surface area contributed by atoms with Gasteiger partial charge in [0.25, 0.3) is 11.5 Å². The molecule has 156 valence electrons. The SMILES string of the molecule is O=C(c1cc(Cc2n[nH]c(=O)c3ccccc23)ccc1F)N1CC[C@H](OCCF)C1. The molecule has 1 aliphatic rings. The van der Waals surface area contributed by atoms with Crippen molar-refractivity contribution < 1.29 is 18.3 Å². The number of likely N-dealkylation sites (tertiary alicyclic amines) is 1. The van der Waals surface area contributed by atoms with Crippen LogP contribution in [0.2, 0.25) is 0 Å². The van der Waals surface area contributed by atoms with Crippen LogP contribution in [-0.2, 0) is 11.2 Å². The number of nitrogens with one attached hydrogen (secondary N) is 1. The Hall–Kier alpha value is -3.13. The van der Waals surface area contributed by atoms with E-state index in [1.165, 1.54) is 17.0 Å². The predicted octanol–water partition coefficient (Wildman–Crippen LogP) is 2.85. The molecule has 6 nitrogen and oxygen atoms in total. The van der Waals surface area contributed by atoms with E-state index >= 15 is 0 Å². The minimum atomic E-state index is -0.601. The number of ether oxygens (including phenoxy) is 1. The summed E-state index contributed by atoms with van der Waals surface area (Å²) in [6.07, 6.45) is 0.702. The monoisotopic (exact) mass is 413 g/mol. The number of halogens is 2. The van der Waals surface area contributed by atoms with Crippen LogP contribution in [0.3, 0.4) is 0 Å². The highest BCUT2D eigenvalue weighted by atomic mass is 19.1. The fourth-order valence-electron chi connectivity index (χ4n) is 3.78. The third kappa shape index (κ3) is 4.09. The average molecular weight is 413 g/mol. The zero-order valence-corrected chi connectivity index (χ0v) is 16.2. The molecule has 1 aliphatic heterocycles. The molecule has 8 heteroatoms. The molecule has 1 atom stereocenters. The molecule has 0 unspecified atom stereocenters. The third-order valence-corrected chi connectivity index (χ3v) is 5.27. The topological polar surface area (TPSA) is 75.3 Å². The number of rotatable bonds is 6. The van der Waals surface area contributed by atoms with Crippen LogP contribution in [0.15, 0.2) is 47.3 Å². The molecule has 2 aromatic carbocycles. The van der Waals surface area contributed by atoms with Crippen LogP contribution in [0, 0.1) is 5.82 Å². The van der Waals surface area contributed by atoms with Crippen LogP contribution in [0.1, 0.15) is 28.0 Å². The maximum Gasteiger partial charge on any atom is 0.272 e. The molecule has 1 fully saturated rings. The van der Waals surface area contributed by atoms with Crippen LogP contribution >= 0.6 is 0 Å². The van der Waals surface area contributed by atoms with Crippen molar-refractivity contribution in [2.45, 2.75) is 18.9 Å². The maximum atomic E-state index is 14.4. The molecule has 3 aromatic rings. The van der Waals surface area contributed by atoms with Gasteiger partial charge in [-0.25, -0.2) is 13.9 Å². The van der Waals surface area contributed by atoms with Gasteiger partial charge in [0.1, 0.15) is 12.5 Å². The molecule has 0 saturated carbocycles. The van der Waals surface area contributed by atoms with Crippen LogP contribution < -0.4 is 5.56 Å². The number of aromatic amines is 1. The minimum Gasteiger partial charge on any atom is -0.374 e. The van der Waals surface area contributed by atoms with E-state index in [9.17, 15) is 18.4 Å². The summed E-state index contributed by atoms with van der Waals surface area (Å²) in [6, 6.07) is 11.5. The minimum absolute atomic E-state index is 0.00331. The molecule has 2 heterocycles. The Labute approximate surface area is 171 Å². The van der Waals surface area contributed by atoms with Crippen molar-refractivity contribution in [1.29, 1.82) is 0 Å². The molecular weight excluding hydrogens is 392 g/mol. The van der Waals surface area contributed by atoms with Crippen molar-refractivity contribution in [3.05, 3.63) is 75.5 Å². The number of hydrogen-bond donors (Lipinski definition) is 1. The molecule has 1 amide bonds. The summed E-state index contributed by atoms with van der Waals surface area (Å²) in [5.41, 5.74) is 1.04. The highest BCUT2D eigenvalue weighted by molar-refractivity contribution is 5.95. The van der Waals surface area contributed by atoms with Crippen molar-refractivity contribution in [2.24, 2.45) is 0 Å². The summed E-state index contributed by atoms with van der Waals surface area (Å²) in [5, 5.41) is 7.86. The number of hydrogen-bond acceptors (Lipinski definition) is 4. The largest absolute Gasteiger partial charge is 0.374 e. The van der Waals surface area contributed by atoms with Gasteiger partial charge in [-0.15, -0.1) is 0 Å². The number of H-pyrrole nitrogens is 1. The van der Waals surface area contributed by atoms with Gasteiger partial charge in [0, 0.05) is 24.9 Å². The van der Waals surface area contributed by atoms with Crippen LogP contribution in [0.25, 0.3) is 10.8 Å². The number of benzene rings is 2. The Balaban J connectivity index is 1.57. The Morgan fingerprint density at radius 2 is 2.03 bits per heavy atom. The van der Waals surface area contributed by atoms with Gasteiger partial charge in [-0.05, 0) is 30.2 Å². The van der Waals surface area contributed by atoms with Crippen LogP contribution in [0.5, 0.6) is 0 Å². The van der Waals surface area contributed by atoms with E-state index in [-0.39, 0.29) is 23.8 Å². The first-order valence-electron chi connectivity index (χ1n) is 9.78. The zero-order chi connectivity index (χ0) is 21.1. The smallest absolute Gasteiger partial charge is 0.272 e. The molecular formula is C22H21F2N3O3. The summed E-state index contributed by atoms with van der Waals surface area (Å²) in [4.78, 5) is 26.3. The molecule has 0 spiro atoms. The summed E-state index contributed by atoms with van der Waals surface area (Å²) in [7, 11) is 0. The summed E-state index contributed by atoms with van der Waals surface area (Å²) < 4.78 is 32.1. The number of aromatic nitrogens is 2. The predicted molar refractivity (Wildman–Crippen MR) is 108 cm³/mol. The van der Waals surface area contributed by atoms with Gasteiger partial charge in [0.05, 0.1) is 29.4 Å². The standard InChI is InChI=1S/C22H21F2N3O3/c23-8-10-30-15-7-9-27(13-15)22(29)18-11-14(5-6-19(18)24)12-20-16-3-1-2-4-17(16)21(28)26-25-20/h1-6,11,15H,7-10,12-13H2,(H,26,28)/t15-/m0/s1. The molecule has 4 rings (SSSR count). The van der Waals surface area contributed by atoms with Crippen LogP contribution in [0.4, 0.5) is 8.78 Å². The normalized spacial score (nSPS) is 16.3. The quantitative estimate of drug-likeness (QED) is 0.674. The highest BCUT2D eigenvalue weighted by Crippen LogP contribution is 2.21. The second-order valence-electron chi connectivity index (χ2n) is 7.26. The third-order valence-electron chi connectivity index (χ3n) is 5.27. The molecule has 0 bridgehead atoms. The van der Waals surface area contributed by atoms with Gasteiger partial charge < -0.3 is 9.64 Å². The van der Waals surface area contributed by atoms with Crippen molar-refractivity contribution in [1.82, 2.24) is 15.1 Å². The fraction of sp³-hybridized carbons (Fsp3) is 0.318. The first-order valence-corrected chi connectivity index (χ1v) is 9.78. The van der Waals surface area contributed by atoms with Gasteiger partial charge in [-0.3, -0.25) is 9.59 Å². The number of carbonyl (C=O) groups is 1. The number of nitrogens with zero attached hydrogens (tertiary/aromatic N) is 2. The van der Waals surface area contributed by atoms with E-state index in [0.29, 0.717) is 48.0 Å². The number of fused-ring (bicyclic) bond motifs is 1. The van der Waals surface area contributed by atoms with E-state index in [4.69, 9.17) is 4.74 Å². The molecule has 1 N–H and O–H groups in total. The van der Waals surface area contributed by atoms with Gasteiger partial charge in [0.2, 0.25) is 0 Å². The molecule has 1 saturated heterocycles. The molecule has 1 aromatic heterocycles. The van der Waals surface area contributed by atoms with Crippen molar-refractivity contribution in [3.63, 3.8) is 0 Å². The van der Waals surface area contributed by atoms with E-state index < -0.39 is 18.4 Å². The lowest BCUT2D eigenvalue weighted by Crippen LogP contribution is -2.31. The lowest BCUT2D eigenvalue weighted by atomic mass is 10.0. The van der Waals surface area contributed by atoms with E-state index in [1.54, 1.807) is 18.2 Å². The Kier molecular flexibility index (Phi) is 5.85. The summed E-state index contributed by atoms with van der Waals surface area (Å²) >= 11 is 0. The van der Waals surface area contributed by atoms with Crippen LogP contribution in [-0.4, -0.2) is 53.5 Å². The number of carbonyl (C=O) groups excluding carboxylic acids is 1. The van der Waals surface area contributed by atoms with Gasteiger partial charge in [-0.2, -0.15) is 5.10 Å². The summed E-state index contributed by atoms with van der Waals surface area (Å²) in [6.45, 7) is 0.172. The molecule has 30 heavy (non-hydrogen) atoms. The zero-order valence-electron chi connectivity index (χ0n) is 16.2. The van der Waals surface area contributed by atoms with Gasteiger partial charge in [-0.1, -0.05) is 24.3 Å². The molecule has 0 aliphatic carbocycles. The van der Waals surface area contributed by atoms with E-state index in [0.717, 1.165) is 0 Å². The lowest BCUT2D eigenvalue weighted by molar-refractivity contribution is 0.0466. The summed E-state index contributed by atoms with van der Waals surface area (Å²) in [5.74, 6) is -1.02. The average Bonchev–Trinajstić information content (AvgIpc) is 3.24. The van der Waals surface area contributed by atoms with Gasteiger partial charge >= 0.3 is 0 Å². The van der Waals surface area contributed by atoms with Crippen molar-refractivity contribution >= 4 is 16.7 Å². The second-order valence-corrected chi connectivity index (χ2v) is 7.26. The lowest BCUT2D eigenvalue weighted by Gasteiger charge is -2.17. The fourth-order valence-corrected chi connectivity index (χ4v) is 3.78. The first-order chi connectivity index (χ1) is 14.6. The van der Waals surface area contributed by atoms with E-state index in [2.05, 4.69) is 10.2 Å². The maximum absolute atomic E-state index is 14.4. The van der Waals surface area contributed by atoms with E-state index in [1.807, 2.05) is 12.1 Å². The highest BCUT2D eigenvalue weighted by Gasteiger charge is 2.29. The Morgan fingerprint density at radius 3 is 2.83 bits per heavy atom. The van der Waals surface area contributed by atoms with Gasteiger partial charge in [0.15, 0.2) is 0 Å². The Bertz CT molecular complexity index is 1130. The molecule has 0 radical (unpaired) electrons. The van der Waals surface area contributed by atoms with Crippen molar-refractivity contribution in [3.8, 4) is 0 Å². The second kappa shape index (κ2) is 8.71. The Morgan fingerprint density at radius 1 is 1.23 bits per heavy atom. The van der Waals surface area contributed by atoms with Crippen molar-refractivity contribution in [2.75, 3.05) is 26.4 Å².